The Bertz CT molecular complexity index is 459. The number of nitrogens with two attached hydrogens (primary N) is 1. The van der Waals surface area contributed by atoms with E-state index in [1.54, 1.807) is 25.1 Å². The summed E-state index contributed by atoms with van der Waals surface area (Å²) < 4.78 is 0. The number of likely N-dealkylation sites (tertiary alicyclic amines) is 1. The van der Waals surface area contributed by atoms with Crippen molar-refractivity contribution in [2.75, 3.05) is 13.1 Å². The molecule has 1 atom stereocenters. The topological polar surface area (TPSA) is 66.6 Å². The molecule has 0 radical (unpaired) electrons. The molecule has 1 unspecified atom stereocenters. The summed E-state index contributed by atoms with van der Waals surface area (Å²) >= 11 is 0. The van der Waals surface area contributed by atoms with E-state index in [9.17, 15) is 9.90 Å². The van der Waals surface area contributed by atoms with E-state index in [0.717, 1.165) is 37.8 Å². The van der Waals surface area contributed by atoms with E-state index < -0.39 is 0 Å². The minimum atomic E-state index is 0.0282. The van der Waals surface area contributed by atoms with Crippen molar-refractivity contribution in [2.24, 2.45) is 5.73 Å². The quantitative estimate of drug-likeness (QED) is 0.857. The zero-order valence-electron chi connectivity index (χ0n) is 11.4. The average molecular weight is 262 g/mol. The Balaban J connectivity index is 2.22. The van der Waals surface area contributed by atoms with E-state index in [2.05, 4.69) is 0 Å². The number of phenols is 1. The summed E-state index contributed by atoms with van der Waals surface area (Å²) in [6, 6.07) is 5.15. The van der Waals surface area contributed by atoms with Gasteiger partial charge >= 0.3 is 0 Å². The molecule has 19 heavy (non-hydrogen) atoms. The number of benzene rings is 1. The van der Waals surface area contributed by atoms with Crippen molar-refractivity contribution in [2.45, 2.75) is 38.6 Å². The zero-order valence-corrected chi connectivity index (χ0v) is 11.4. The largest absolute Gasteiger partial charge is 0.508 e. The van der Waals surface area contributed by atoms with Crippen molar-refractivity contribution in [1.29, 1.82) is 0 Å². The van der Waals surface area contributed by atoms with Gasteiger partial charge in [0.2, 0.25) is 0 Å². The van der Waals surface area contributed by atoms with Crippen molar-refractivity contribution in [3.8, 4) is 5.75 Å². The van der Waals surface area contributed by atoms with Gasteiger partial charge in [0.1, 0.15) is 5.75 Å². The van der Waals surface area contributed by atoms with Crippen LogP contribution in [0.5, 0.6) is 5.75 Å². The molecule has 0 aliphatic carbocycles. The Morgan fingerprint density at radius 2 is 2.21 bits per heavy atom. The summed E-state index contributed by atoms with van der Waals surface area (Å²) in [6.07, 6.45) is 4.33. The molecule has 0 aromatic heterocycles. The maximum Gasteiger partial charge on any atom is 0.254 e. The average Bonchev–Trinajstić information content (AvgIpc) is 2.66. The molecule has 2 rings (SSSR count). The molecule has 1 heterocycles. The summed E-state index contributed by atoms with van der Waals surface area (Å²) in [6.45, 7) is 3.10. The fraction of sp³-hybridized carbons (Fsp3) is 0.533. The van der Waals surface area contributed by atoms with Crippen LogP contribution in [0.15, 0.2) is 18.2 Å². The van der Waals surface area contributed by atoms with Gasteiger partial charge < -0.3 is 15.7 Å². The molecule has 1 fully saturated rings. The summed E-state index contributed by atoms with van der Waals surface area (Å²) in [4.78, 5) is 14.5. The smallest absolute Gasteiger partial charge is 0.254 e. The summed E-state index contributed by atoms with van der Waals surface area (Å²) in [5.41, 5.74) is 7.16. The third-order valence-electron chi connectivity index (χ3n) is 3.85. The lowest BCUT2D eigenvalue weighted by molar-refractivity contribution is 0.0689. The van der Waals surface area contributed by atoms with Crippen LogP contribution >= 0.6 is 0 Å². The lowest BCUT2D eigenvalue weighted by atomic mass is 10.1. The van der Waals surface area contributed by atoms with Crippen LogP contribution in [0.25, 0.3) is 0 Å². The Hall–Kier alpha value is -1.55. The van der Waals surface area contributed by atoms with Crippen LogP contribution in [0.3, 0.4) is 0 Å². The number of phenolic OH excluding ortho intramolecular Hbond substituents is 1. The van der Waals surface area contributed by atoms with E-state index in [0.29, 0.717) is 12.1 Å². The number of aromatic hydroxyl groups is 1. The number of amides is 1. The maximum atomic E-state index is 12.6. The van der Waals surface area contributed by atoms with Gasteiger partial charge in [-0.15, -0.1) is 0 Å². The molecule has 1 aliphatic heterocycles. The summed E-state index contributed by atoms with van der Waals surface area (Å²) in [7, 11) is 0. The minimum Gasteiger partial charge on any atom is -0.508 e. The SMILES string of the molecule is Cc1cc(C(=O)N2CCCCCC2CN)ccc1O. The Morgan fingerprint density at radius 3 is 2.89 bits per heavy atom. The van der Waals surface area contributed by atoms with E-state index in [1.807, 2.05) is 4.90 Å². The number of aryl methyl sites for hydroxylation is 1. The highest BCUT2D eigenvalue weighted by Gasteiger charge is 2.25. The molecule has 3 N–H and O–H groups in total. The molecule has 0 bridgehead atoms. The molecule has 1 amide bonds. The highest BCUT2D eigenvalue weighted by atomic mass is 16.3. The van der Waals surface area contributed by atoms with Gasteiger partial charge in [-0.1, -0.05) is 12.8 Å². The predicted molar refractivity (Wildman–Crippen MR) is 75.2 cm³/mol. The van der Waals surface area contributed by atoms with Gasteiger partial charge in [-0.2, -0.15) is 0 Å². The second-order valence-electron chi connectivity index (χ2n) is 5.24. The minimum absolute atomic E-state index is 0.0282. The first-order valence-electron chi connectivity index (χ1n) is 6.94. The number of rotatable bonds is 2. The molecule has 0 saturated carbocycles. The Labute approximate surface area is 114 Å². The third-order valence-corrected chi connectivity index (χ3v) is 3.85. The lowest BCUT2D eigenvalue weighted by Gasteiger charge is -2.29. The van der Waals surface area contributed by atoms with Crippen molar-refractivity contribution < 1.29 is 9.90 Å². The lowest BCUT2D eigenvalue weighted by Crippen LogP contribution is -2.44. The van der Waals surface area contributed by atoms with E-state index in [-0.39, 0.29) is 17.7 Å². The van der Waals surface area contributed by atoms with Crippen molar-refractivity contribution >= 4 is 5.91 Å². The second kappa shape index (κ2) is 6.06. The number of carbonyl (C=O) groups excluding carboxylic acids is 1. The van der Waals surface area contributed by atoms with Crippen LogP contribution in [0.1, 0.15) is 41.6 Å². The summed E-state index contributed by atoms with van der Waals surface area (Å²) in [5, 5.41) is 9.53. The molecule has 1 aliphatic rings. The fourth-order valence-corrected chi connectivity index (χ4v) is 2.64. The van der Waals surface area contributed by atoms with E-state index in [4.69, 9.17) is 5.73 Å². The van der Waals surface area contributed by atoms with Crippen LogP contribution < -0.4 is 5.73 Å². The molecule has 104 valence electrons. The van der Waals surface area contributed by atoms with Gasteiger partial charge in [0, 0.05) is 24.7 Å². The first kappa shape index (κ1) is 13.9. The zero-order chi connectivity index (χ0) is 13.8. The van der Waals surface area contributed by atoms with Crippen LogP contribution in [-0.4, -0.2) is 35.0 Å². The van der Waals surface area contributed by atoms with Gasteiger partial charge in [-0.25, -0.2) is 0 Å². The Kier molecular flexibility index (Phi) is 4.43. The van der Waals surface area contributed by atoms with Crippen LogP contribution in [0, 0.1) is 6.92 Å². The maximum absolute atomic E-state index is 12.6. The number of hydrogen-bond donors (Lipinski definition) is 2. The van der Waals surface area contributed by atoms with Crippen LogP contribution in [-0.2, 0) is 0 Å². The standard InChI is InChI=1S/C15H22N2O2/c1-11-9-12(6-7-14(11)18)15(19)17-8-4-2-3-5-13(17)10-16/h6-7,9,13,18H,2-5,8,10,16H2,1H3. The predicted octanol–water partition coefficient (Wildman–Crippen LogP) is 2.04. The molecular weight excluding hydrogens is 240 g/mol. The molecular formula is C15H22N2O2. The molecule has 1 aromatic carbocycles. The van der Waals surface area contributed by atoms with Crippen molar-refractivity contribution in [3.05, 3.63) is 29.3 Å². The van der Waals surface area contributed by atoms with Crippen LogP contribution in [0.2, 0.25) is 0 Å². The van der Waals surface area contributed by atoms with Crippen molar-refractivity contribution in [1.82, 2.24) is 4.90 Å². The first-order chi connectivity index (χ1) is 9.13. The number of hydrogen-bond acceptors (Lipinski definition) is 3. The number of nitrogens with zero attached hydrogens (tertiary/aromatic N) is 1. The van der Waals surface area contributed by atoms with Crippen LogP contribution in [0.4, 0.5) is 0 Å². The van der Waals surface area contributed by atoms with E-state index >= 15 is 0 Å². The second-order valence-corrected chi connectivity index (χ2v) is 5.24. The Morgan fingerprint density at radius 1 is 1.42 bits per heavy atom. The molecule has 4 nitrogen and oxygen atoms in total. The molecule has 4 heteroatoms. The van der Waals surface area contributed by atoms with Crippen molar-refractivity contribution in [3.63, 3.8) is 0 Å². The van der Waals surface area contributed by atoms with Gasteiger partial charge in [0.15, 0.2) is 0 Å². The fourth-order valence-electron chi connectivity index (χ4n) is 2.64. The first-order valence-corrected chi connectivity index (χ1v) is 6.94. The highest BCUT2D eigenvalue weighted by molar-refractivity contribution is 5.94. The van der Waals surface area contributed by atoms with E-state index in [1.165, 1.54) is 0 Å². The van der Waals surface area contributed by atoms with Gasteiger partial charge in [0.25, 0.3) is 5.91 Å². The molecule has 0 spiro atoms. The molecule has 1 aromatic rings. The summed E-state index contributed by atoms with van der Waals surface area (Å²) in [5.74, 6) is 0.253. The highest BCUT2D eigenvalue weighted by Crippen LogP contribution is 2.22. The monoisotopic (exact) mass is 262 g/mol. The van der Waals surface area contributed by atoms with Gasteiger partial charge in [0.05, 0.1) is 0 Å². The third kappa shape index (κ3) is 3.07. The van der Waals surface area contributed by atoms with Gasteiger partial charge in [-0.3, -0.25) is 4.79 Å². The number of carbonyl (C=O) groups is 1. The normalized spacial score (nSPS) is 20.1. The van der Waals surface area contributed by atoms with Gasteiger partial charge in [-0.05, 0) is 43.5 Å². The molecule has 1 saturated heterocycles.